The molecule has 4 rings (SSSR count). The van der Waals surface area contributed by atoms with Crippen molar-refractivity contribution >= 4 is 28.0 Å². The number of rotatable bonds is 4. The molecule has 27 heavy (non-hydrogen) atoms. The van der Waals surface area contributed by atoms with Crippen LogP contribution in [0.5, 0.6) is 0 Å². The van der Waals surface area contributed by atoms with Crippen LogP contribution in [0.15, 0.2) is 53.5 Å². The van der Waals surface area contributed by atoms with Gasteiger partial charge in [0.25, 0.3) is 0 Å². The summed E-state index contributed by atoms with van der Waals surface area (Å²) in [5, 5.41) is 7.23. The third-order valence-electron chi connectivity index (χ3n) is 3.94. The van der Waals surface area contributed by atoms with Crippen molar-refractivity contribution in [3.63, 3.8) is 0 Å². The molecule has 0 unspecified atom stereocenters. The number of benzene rings is 1. The highest BCUT2D eigenvalue weighted by atomic mass is 32.1. The molecule has 9 heteroatoms. The molecule has 0 radical (unpaired) electrons. The minimum absolute atomic E-state index is 0.217. The number of carbonyl (C=O) groups excluding carboxylic acids is 1. The number of carbonyl (C=O) groups is 1. The molecule has 1 N–H and O–H groups in total. The maximum Gasteiger partial charge on any atom is 0.350 e. The summed E-state index contributed by atoms with van der Waals surface area (Å²) < 4.78 is 15.6. The summed E-state index contributed by atoms with van der Waals surface area (Å²) in [6.07, 6.45) is 1.60. The van der Waals surface area contributed by atoms with Gasteiger partial charge in [0.15, 0.2) is 10.8 Å². The summed E-state index contributed by atoms with van der Waals surface area (Å²) in [5.74, 6) is -0.724. The predicted molar refractivity (Wildman–Crippen MR) is 100 cm³/mol. The Morgan fingerprint density at radius 3 is 2.74 bits per heavy atom. The van der Waals surface area contributed by atoms with E-state index < -0.39 is 5.91 Å². The van der Waals surface area contributed by atoms with Gasteiger partial charge >= 0.3 is 5.69 Å². The van der Waals surface area contributed by atoms with Crippen molar-refractivity contribution in [3.05, 3.63) is 69.8 Å². The highest BCUT2D eigenvalue weighted by Gasteiger charge is 2.14. The molecular formula is C18H14FN5O2S. The number of aromatic nitrogens is 4. The number of hydrogen-bond donors (Lipinski definition) is 1. The molecule has 1 aromatic carbocycles. The van der Waals surface area contributed by atoms with Crippen molar-refractivity contribution in [1.82, 2.24) is 19.2 Å². The van der Waals surface area contributed by atoms with E-state index in [0.29, 0.717) is 16.5 Å². The maximum absolute atomic E-state index is 13.1. The fourth-order valence-electron chi connectivity index (χ4n) is 2.69. The third-order valence-corrected chi connectivity index (χ3v) is 4.83. The Balaban J connectivity index is 1.53. The van der Waals surface area contributed by atoms with Gasteiger partial charge in [-0.3, -0.25) is 9.20 Å². The van der Waals surface area contributed by atoms with Gasteiger partial charge in [-0.25, -0.2) is 18.9 Å². The minimum Gasteiger partial charge on any atom is -0.300 e. The van der Waals surface area contributed by atoms with Crippen LogP contribution in [0.1, 0.15) is 4.88 Å². The van der Waals surface area contributed by atoms with E-state index in [1.807, 2.05) is 6.92 Å². The Hall–Kier alpha value is -3.33. The quantitative estimate of drug-likeness (QED) is 0.588. The van der Waals surface area contributed by atoms with Crippen molar-refractivity contribution in [2.45, 2.75) is 13.5 Å². The number of pyridine rings is 1. The summed E-state index contributed by atoms with van der Waals surface area (Å²) in [4.78, 5) is 29.8. The number of nitrogens with one attached hydrogen (secondary N) is 1. The van der Waals surface area contributed by atoms with Gasteiger partial charge in [-0.2, -0.15) is 0 Å². The molecule has 4 aromatic rings. The summed E-state index contributed by atoms with van der Waals surface area (Å²) in [6.45, 7) is 1.66. The fourth-order valence-corrected chi connectivity index (χ4v) is 3.54. The summed E-state index contributed by atoms with van der Waals surface area (Å²) in [6, 6.07) is 11.2. The van der Waals surface area contributed by atoms with E-state index in [9.17, 15) is 14.0 Å². The number of nitrogens with zero attached hydrogens (tertiary/aromatic N) is 4. The molecule has 0 aliphatic rings. The molecule has 136 valence electrons. The van der Waals surface area contributed by atoms with Crippen LogP contribution in [0.3, 0.4) is 0 Å². The van der Waals surface area contributed by atoms with Crippen LogP contribution in [0.2, 0.25) is 0 Å². The van der Waals surface area contributed by atoms with Crippen LogP contribution in [-0.4, -0.2) is 25.1 Å². The van der Waals surface area contributed by atoms with Crippen LogP contribution in [0.25, 0.3) is 16.9 Å². The normalized spacial score (nSPS) is 11.0. The summed E-state index contributed by atoms with van der Waals surface area (Å²) in [5.41, 5.74) is 1.53. The second-order valence-electron chi connectivity index (χ2n) is 5.85. The summed E-state index contributed by atoms with van der Waals surface area (Å²) >= 11 is 1.31. The highest BCUT2D eigenvalue weighted by Crippen LogP contribution is 2.30. The lowest BCUT2D eigenvalue weighted by Crippen LogP contribution is -2.28. The highest BCUT2D eigenvalue weighted by molar-refractivity contribution is 7.16. The van der Waals surface area contributed by atoms with E-state index in [4.69, 9.17) is 0 Å². The van der Waals surface area contributed by atoms with E-state index in [2.05, 4.69) is 15.4 Å². The second kappa shape index (κ2) is 6.76. The van der Waals surface area contributed by atoms with Crippen LogP contribution < -0.4 is 11.0 Å². The Bertz CT molecular complexity index is 1190. The molecule has 3 heterocycles. The average Bonchev–Trinajstić information content (AvgIpc) is 3.16. The van der Waals surface area contributed by atoms with Gasteiger partial charge < -0.3 is 5.32 Å². The van der Waals surface area contributed by atoms with Gasteiger partial charge in [0.05, 0.1) is 5.69 Å². The molecule has 0 spiro atoms. The number of thiazole rings is 1. The number of hydrogen-bond acceptors (Lipinski definition) is 5. The van der Waals surface area contributed by atoms with Crippen molar-refractivity contribution < 1.29 is 9.18 Å². The van der Waals surface area contributed by atoms with Gasteiger partial charge in [-0.05, 0) is 43.3 Å². The lowest BCUT2D eigenvalue weighted by atomic mass is 10.1. The minimum atomic E-state index is -0.403. The van der Waals surface area contributed by atoms with E-state index in [1.165, 1.54) is 27.9 Å². The van der Waals surface area contributed by atoms with Crippen molar-refractivity contribution in [1.29, 1.82) is 0 Å². The number of fused-ring (bicyclic) bond motifs is 1. The zero-order valence-corrected chi connectivity index (χ0v) is 15.0. The van der Waals surface area contributed by atoms with E-state index >= 15 is 0 Å². The van der Waals surface area contributed by atoms with Gasteiger partial charge in [0.1, 0.15) is 12.4 Å². The van der Waals surface area contributed by atoms with Crippen LogP contribution >= 0.6 is 11.3 Å². The van der Waals surface area contributed by atoms with Crippen molar-refractivity contribution in [2.75, 3.05) is 5.32 Å². The first-order valence-electron chi connectivity index (χ1n) is 8.09. The zero-order valence-electron chi connectivity index (χ0n) is 14.2. The van der Waals surface area contributed by atoms with Gasteiger partial charge in [-0.1, -0.05) is 6.07 Å². The van der Waals surface area contributed by atoms with Crippen LogP contribution in [-0.2, 0) is 11.3 Å². The number of amides is 1. The first-order valence-corrected chi connectivity index (χ1v) is 8.90. The molecule has 1 amide bonds. The average molecular weight is 383 g/mol. The number of halogens is 1. The Labute approximate surface area is 156 Å². The Morgan fingerprint density at radius 1 is 1.22 bits per heavy atom. The fraction of sp³-hybridized carbons (Fsp3) is 0.111. The van der Waals surface area contributed by atoms with E-state index in [0.717, 1.165) is 15.1 Å². The second-order valence-corrected chi connectivity index (χ2v) is 7.05. The van der Waals surface area contributed by atoms with Crippen LogP contribution in [0.4, 0.5) is 9.52 Å². The molecular weight excluding hydrogens is 369 g/mol. The third kappa shape index (κ3) is 3.36. The maximum atomic E-state index is 13.1. The topological polar surface area (TPSA) is 81.3 Å². The Morgan fingerprint density at radius 2 is 2.00 bits per heavy atom. The Kier molecular flexibility index (Phi) is 4.28. The van der Waals surface area contributed by atoms with Crippen LogP contribution in [0, 0.1) is 12.7 Å². The molecule has 0 bridgehead atoms. The molecule has 7 nitrogen and oxygen atoms in total. The first-order chi connectivity index (χ1) is 13.0. The molecule has 0 atom stereocenters. The smallest absolute Gasteiger partial charge is 0.300 e. The molecule has 0 aliphatic carbocycles. The molecule has 3 aromatic heterocycles. The lowest BCUT2D eigenvalue weighted by Gasteiger charge is -2.00. The monoisotopic (exact) mass is 383 g/mol. The molecule has 0 saturated heterocycles. The summed E-state index contributed by atoms with van der Waals surface area (Å²) in [7, 11) is 0. The largest absolute Gasteiger partial charge is 0.350 e. The van der Waals surface area contributed by atoms with Crippen molar-refractivity contribution in [3.8, 4) is 11.3 Å². The predicted octanol–water partition coefficient (Wildman–Crippen LogP) is 2.71. The lowest BCUT2D eigenvalue weighted by molar-refractivity contribution is -0.117. The van der Waals surface area contributed by atoms with Gasteiger partial charge in [0.2, 0.25) is 5.91 Å². The molecule has 0 fully saturated rings. The van der Waals surface area contributed by atoms with Crippen molar-refractivity contribution in [2.24, 2.45) is 0 Å². The van der Waals surface area contributed by atoms with E-state index in [1.54, 1.807) is 36.5 Å². The SMILES string of the molecule is Cc1sc(NC(=O)Cn2nc3ccccn3c2=O)nc1-c1ccc(F)cc1. The number of aryl methyl sites for hydroxylation is 1. The van der Waals surface area contributed by atoms with E-state index in [-0.39, 0.29) is 18.1 Å². The number of anilines is 1. The molecule has 0 aliphatic heterocycles. The first kappa shape index (κ1) is 17.1. The molecule has 0 saturated carbocycles. The van der Waals surface area contributed by atoms with Gasteiger partial charge in [-0.15, -0.1) is 16.4 Å². The standard InChI is InChI=1S/C18H14FN5O2S/c1-11-16(12-5-7-13(19)8-6-12)21-17(27-11)20-15(25)10-24-18(26)23-9-3-2-4-14(23)22-24/h2-9H,10H2,1H3,(H,20,21,25). The van der Waals surface area contributed by atoms with Gasteiger partial charge in [0, 0.05) is 16.6 Å². The zero-order chi connectivity index (χ0) is 19.0.